The van der Waals surface area contributed by atoms with Gasteiger partial charge in [0.15, 0.2) is 0 Å². The monoisotopic (exact) mass is 535 g/mol. The molecule has 0 saturated carbocycles. The highest BCUT2D eigenvalue weighted by molar-refractivity contribution is 6.25. The van der Waals surface area contributed by atoms with Crippen molar-refractivity contribution in [3.05, 3.63) is 152 Å². The number of rotatable bonds is 3. The molecule has 0 aliphatic carbocycles. The summed E-state index contributed by atoms with van der Waals surface area (Å²) in [5.41, 5.74) is 10.1. The highest BCUT2D eigenvalue weighted by atomic mass is 16.3. The van der Waals surface area contributed by atoms with Crippen LogP contribution in [0.25, 0.3) is 82.5 Å². The van der Waals surface area contributed by atoms with E-state index < -0.39 is 0 Å². The van der Waals surface area contributed by atoms with Gasteiger partial charge in [-0.2, -0.15) is 0 Å². The molecule has 0 spiro atoms. The summed E-state index contributed by atoms with van der Waals surface area (Å²) in [5, 5.41) is 7.40. The molecule has 9 rings (SSSR count). The van der Waals surface area contributed by atoms with Gasteiger partial charge < -0.3 is 8.98 Å². The van der Waals surface area contributed by atoms with Gasteiger partial charge in [-0.3, -0.25) is 0 Å². The molecule has 0 amide bonds. The second kappa shape index (κ2) is 8.95. The lowest BCUT2D eigenvalue weighted by Gasteiger charge is -2.10. The molecule has 0 N–H and O–H groups in total. The summed E-state index contributed by atoms with van der Waals surface area (Å²) in [6.07, 6.45) is 0. The predicted molar refractivity (Wildman–Crippen MR) is 176 cm³/mol. The molecule has 2 heterocycles. The minimum Gasteiger partial charge on any atom is -0.455 e. The van der Waals surface area contributed by atoms with Crippen molar-refractivity contribution in [1.82, 2.24) is 4.57 Å². The molecule has 42 heavy (non-hydrogen) atoms. The van der Waals surface area contributed by atoms with E-state index in [2.05, 4.69) is 144 Å². The van der Waals surface area contributed by atoms with Gasteiger partial charge >= 0.3 is 0 Å². The summed E-state index contributed by atoms with van der Waals surface area (Å²) < 4.78 is 8.76. The van der Waals surface area contributed by atoms with Gasteiger partial charge in [0.05, 0.1) is 11.0 Å². The fourth-order valence-corrected chi connectivity index (χ4v) is 6.73. The summed E-state index contributed by atoms with van der Waals surface area (Å²) in [6, 6.07) is 54.2. The van der Waals surface area contributed by atoms with Crippen LogP contribution in [0.5, 0.6) is 0 Å². The van der Waals surface area contributed by atoms with E-state index in [0.29, 0.717) is 0 Å². The zero-order valence-corrected chi connectivity index (χ0v) is 22.8. The molecule has 0 atom stereocenters. The Morgan fingerprint density at radius 2 is 1.07 bits per heavy atom. The van der Waals surface area contributed by atoms with E-state index in [4.69, 9.17) is 4.42 Å². The third kappa shape index (κ3) is 3.33. The molecule has 0 aliphatic rings. The topological polar surface area (TPSA) is 18.1 Å². The molecule has 2 heteroatoms. The van der Waals surface area contributed by atoms with Gasteiger partial charge in [0.25, 0.3) is 0 Å². The Hall–Kier alpha value is -5.60. The first-order valence-corrected chi connectivity index (χ1v) is 14.4. The molecule has 9 aromatic rings. The van der Waals surface area contributed by atoms with Gasteiger partial charge in [0.2, 0.25) is 0 Å². The highest BCUT2D eigenvalue weighted by Gasteiger charge is 2.18. The van der Waals surface area contributed by atoms with Crippen molar-refractivity contribution >= 4 is 54.5 Å². The van der Waals surface area contributed by atoms with Crippen LogP contribution in [0.2, 0.25) is 0 Å². The van der Waals surface area contributed by atoms with Crippen LogP contribution in [0, 0.1) is 0 Å². The normalized spacial score (nSPS) is 11.8. The molecule has 0 bridgehead atoms. The number of benzene rings is 7. The quantitative estimate of drug-likeness (QED) is 0.220. The Morgan fingerprint density at radius 1 is 0.405 bits per heavy atom. The van der Waals surface area contributed by atoms with Crippen LogP contribution in [0.3, 0.4) is 0 Å². The first kappa shape index (κ1) is 23.1. The zero-order chi connectivity index (χ0) is 27.6. The lowest BCUT2D eigenvalue weighted by Crippen LogP contribution is -1.94. The summed E-state index contributed by atoms with van der Waals surface area (Å²) in [4.78, 5) is 0. The average molecular weight is 536 g/mol. The van der Waals surface area contributed by atoms with E-state index in [1.807, 2.05) is 12.1 Å². The maximum Gasteiger partial charge on any atom is 0.143 e. The van der Waals surface area contributed by atoms with E-state index in [-0.39, 0.29) is 0 Å². The zero-order valence-electron chi connectivity index (χ0n) is 22.8. The number of para-hydroxylation sites is 2. The van der Waals surface area contributed by atoms with Gasteiger partial charge in [-0.05, 0) is 57.8 Å². The average Bonchev–Trinajstić information content (AvgIpc) is 3.61. The lowest BCUT2D eigenvalue weighted by molar-refractivity contribution is 0.670. The van der Waals surface area contributed by atoms with Crippen molar-refractivity contribution in [1.29, 1.82) is 0 Å². The predicted octanol–water partition coefficient (Wildman–Crippen LogP) is 11.2. The number of nitrogens with zero attached hydrogens (tertiary/aromatic N) is 1. The number of aromatic nitrogens is 1. The number of furan rings is 1. The van der Waals surface area contributed by atoms with Crippen molar-refractivity contribution in [2.75, 3.05) is 0 Å². The maximum absolute atomic E-state index is 6.35. The summed E-state index contributed by atoms with van der Waals surface area (Å²) >= 11 is 0. The van der Waals surface area contributed by atoms with Gasteiger partial charge in [0.1, 0.15) is 11.2 Å². The van der Waals surface area contributed by atoms with E-state index in [9.17, 15) is 0 Å². The van der Waals surface area contributed by atoms with Crippen LogP contribution in [-0.4, -0.2) is 4.57 Å². The first-order valence-electron chi connectivity index (χ1n) is 14.4. The molecule has 0 radical (unpaired) electrons. The fraction of sp³-hybridized carbons (Fsp3) is 0. The molecule has 2 nitrogen and oxygen atoms in total. The lowest BCUT2D eigenvalue weighted by atomic mass is 9.97. The Kier molecular flexibility index (Phi) is 4.93. The van der Waals surface area contributed by atoms with E-state index in [1.54, 1.807) is 0 Å². The molecular weight excluding hydrogens is 510 g/mol. The van der Waals surface area contributed by atoms with Crippen LogP contribution < -0.4 is 0 Å². The third-order valence-electron chi connectivity index (χ3n) is 8.61. The van der Waals surface area contributed by atoms with Gasteiger partial charge in [0, 0.05) is 32.8 Å². The highest BCUT2D eigenvalue weighted by Crippen LogP contribution is 2.42. The van der Waals surface area contributed by atoms with E-state index in [0.717, 1.165) is 38.8 Å². The van der Waals surface area contributed by atoms with Crippen molar-refractivity contribution in [3.63, 3.8) is 0 Å². The molecule has 2 aromatic heterocycles. The summed E-state index contributed by atoms with van der Waals surface area (Å²) in [5.74, 6) is 0. The Bertz CT molecular complexity index is 2440. The van der Waals surface area contributed by atoms with Crippen molar-refractivity contribution < 1.29 is 4.42 Å². The van der Waals surface area contributed by atoms with Crippen molar-refractivity contribution in [2.45, 2.75) is 0 Å². The molecule has 196 valence electrons. The molecule has 0 aliphatic heterocycles. The Labute approximate surface area is 242 Å². The SMILES string of the molecule is c1ccc(-c2cccc3c2c2c4ccccc4ccc2n3-c2ccc(-c3cccc4c3oc3ccccc34)cc2)cc1. The standard InChI is InChI=1S/C40H25NO/c1-2-10-26(11-3-1)31-15-9-18-35-38(31)39-30-13-5-4-12-27(30)22-25-36(39)41(35)29-23-20-28(21-24-29)32-16-8-17-34-33-14-6-7-19-37(33)42-40(32)34/h1-25H. The maximum atomic E-state index is 6.35. The molecule has 0 unspecified atom stereocenters. The second-order valence-corrected chi connectivity index (χ2v) is 10.9. The van der Waals surface area contributed by atoms with Crippen LogP contribution in [0.4, 0.5) is 0 Å². The Balaban J connectivity index is 1.29. The van der Waals surface area contributed by atoms with Crippen molar-refractivity contribution in [3.8, 4) is 27.9 Å². The first-order chi connectivity index (χ1) is 20.8. The Morgan fingerprint density at radius 3 is 1.95 bits per heavy atom. The van der Waals surface area contributed by atoms with Crippen LogP contribution in [0.1, 0.15) is 0 Å². The van der Waals surface area contributed by atoms with Crippen LogP contribution in [-0.2, 0) is 0 Å². The molecular formula is C40H25NO. The van der Waals surface area contributed by atoms with Crippen molar-refractivity contribution in [2.24, 2.45) is 0 Å². The summed E-state index contributed by atoms with van der Waals surface area (Å²) in [7, 11) is 0. The molecule has 7 aromatic carbocycles. The number of hydrogen-bond donors (Lipinski definition) is 0. The molecule has 0 fully saturated rings. The number of hydrogen-bond acceptors (Lipinski definition) is 1. The number of fused-ring (bicyclic) bond motifs is 8. The third-order valence-corrected chi connectivity index (χ3v) is 8.61. The largest absolute Gasteiger partial charge is 0.455 e. The fourth-order valence-electron chi connectivity index (χ4n) is 6.73. The van der Waals surface area contributed by atoms with E-state index in [1.165, 1.54) is 43.7 Å². The van der Waals surface area contributed by atoms with Crippen LogP contribution >= 0.6 is 0 Å². The second-order valence-electron chi connectivity index (χ2n) is 10.9. The minimum absolute atomic E-state index is 0.920. The van der Waals surface area contributed by atoms with Gasteiger partial charge in [-0.15, -0.1) is 0 Å². The summed E-state index contributed by atoms with van der Waals surface area (Å²) in [6.45, 7) is 0. The smallest absolute Gasteiger partial charge is 0.143 e. The molecule has 0 saturated heterocycles. The van der Waals surface area contributed by atoms with E-state index >= 15 is 0 Å². The van der Waals surface area contributed by atoms with Crippen LogP contribution in [0.15, 0.2) is 156 Å². The van der Waals surface area contributed by atoms with Gasteiger partial charge in [-0.1, -0.05) is 121 Å². The van der Waals surface area contributed by atoms with Gasteiger partial charge in [-0.25, -0.2) is 0 Å². The minimum atomic E-state index is 0.920.